The van der Waals surface area contributed by atoms with E-state index in [1.54, 1.807) is 0 Å². The first-order valence-corrected chi connectivity index (χ1v) is 3.82. The van der Waals surface area contributed by atoms with Crippen LogP contribution in [-0.2, 0) is 0 Å². The predicted molar refractivity (Wildman–Crippen MR) is 47.4 cm³/mol. The van der Waals surface area contributed by atoms with Gasteiger partial charge in [0.1, 0.15) is 0 Å². The maximum absolute atomic E-state index is 8.90. The van der Waals surface area contributed by atoms with Gasteiger partial charge in [0.2, 0.25) is 0 Å². The van der Waals surface area contributed by atoms with Gasteiger partial charge in [0.05, 0.1) is 6.61 Å². The van der Waals surface area contributed by atoms with Gasteiger partial charge < -0.3 is 15.3 Å². The molecule has 0 aliphatic carbocycles. The van der Waals surface area contributed by atoms with Crippen LogP contribution in [0.15, 0.2) is 12.3 Å². The topological polar surface area (TPSA) is 35.5 Å². The molecule has 1 unspecified atom stereocenters. The molecule has 11 heavy (non-hydrogen) atoms. The summed E-state index contributed by atoms with van der Waals surface area (Å²) in [7, 11) is 5.79. The van der Waals surface area contributed by atoms with Crippen LogP contribution in [-0.4, -0.2) is 43.8 Å². The van der Waals surface area contributed by atoms with Gasteiger partial charge in [-0.2, -0.15) is 0 Å². The van der Waals surface area contributed by atoms with Crippen LogP contribution >= 0.6 is 0 Å². The number of rotatable bonds is 5. The summed E-state index contributed by atoms with van der Waals surface area (Å²) >= 11 is 0. The van der Waals surface area contributed by atoms with Gasteiger partial charge in [0.15, 0.2) is 0 Å². The Labute approximate surface area is 68.7 Å². The quantitative estimate of drug-likeness (QED) is 0.592. The van der Waals surface area contributed by atoms with E-state index in [0.717, 1.165) is 6.42 Å². The first-order valence-electron chi connectivity index (χ1n) is 3.82. The van der Waals surface area contributed by atoms with E-state index >= 15 is 0 Å². The summed E-state index contributed by atoms with van der Waals surface area (Å²) < 4.78 is 0. The molecule has 0 rings (SSSR count). The minimum absolute atomic E-state index is 0.209. The van der Waals surface area contributed by atoms with Crippen LogP contribution in [0.2, 0.25) is 0 Å². The maximum Gasteiger partial charge on any atom is 0.0589 e. The van der Waals surface area contributed by atoms with E-state index < -0.39 is 0 Å². The van der Waals surface area contributed by atoms with Gasteiger partial charge in [-0.1, -0.05) is 6.08 Å². The molecular weight excluding hydrogens is 140 g/mol. The SMILES string of the molecule is CN/C=C\CC(CO)N(C)C. The second-order valence-corrected chi connectivity index (χ2v) is 2.73. The van der Waals surface area contributed by atoms with Gasteiger partial charge in [0, 0.05) is 13.1 Å². The third-order valence-corrected chi connectivity index (χ3v) is 1.63. The summed E-state index contributed by atoms with van der Waals surface area (Å²) in [6.45, 7) is 0.209. The van der Waals surface area contributed by atoms with Gasteiger partial charge in [0.25, 0.3) is 0 Å². The minimum Gasteiger partial charge on any atom is -0.395 e. The maximum atomic E-state index is 8.90. The van der Waals surface area contributed by atoms with Crippen molar-refractivity contribution in [2.45, 2.75) is 12.5 Å². The molecule has 66 valence electrons. The molecule has 0 aromatic rings. The van der Waals surface area contributed by atoms with Crippen LogP contribution in [0.3, 0.4) is 0 Å². The van der Waals surface area contributed by atoms with Crippen LogP contribution in [0.1, 0.15) is 6.42 Å². The molecule has 0 saturated carbocycles. The molecule has 3 nitrogen and oxygen atoms in total. The Hall–Kier alpha value is -0.540. The fraction of sp³-hybridized carbons (Fsp3) is 0.750. The minimum atomic E-state index is 0.209. The molecule has 0 heterocycles. The van der Waals surface area contributed by atoms with Gasteiger partial charge in [-0.05, 0) is 26.7 Å². The normalized spacial score (nSPS) is 14.3. The summed E-state index contributed by atoms with van der Waals surface area (Å²) in [5.41, 5.74) is 0. The number of nitrogens with one attached hydrogen (secondary N) is 1. The van der Waals surface area contributed by atoms with E-state index in [1.807, 2.05) is 38.3 Å². The Kier molecular flexibility index (Phi) is 5.88. The van der Waals surface area contributed by atoms with Crippen molar-refractivity contribution in [2.24, 2.45) is 0 Å². The highest BCUT2D eigenvalue weighted by atomic mass is 16.3. The number of aliphatic hydroxyl groups is 1. The Morgan fingerprint density at radius 3 is 2.55 bits per heavy atom. The van der Waals surface area contributed by atoms with Crippen LogP contribution < -0.4 is 5.32 Å². The second-order valence-electron chi connectivity index (χ2n) is 2.73. The lowest BCUT2D eigenvalue weighted by molar-refractivity contribution is 0.171. The third-order valence-electron chi connectivity index (χ3n) is 1.63. The molecular formula is C8H18N2O. The predicted octanol–water partition coefficient (Wildman–Crippen LogP) is 0.0321. The van der Waals surface area contributed by atoms with Crippen LogP contribution in [0, 0.1) is 0 Å². The van der Waals surface area contributed by atoms with Crippen LogP contribution in [0.5, 0.6) is 0 Å². The highest BCUT2D eigenvalue weighted by Gasteiger charge is 2.06. The molecule has 0 fully saturated rings. The van der Waals surface area contributed by atoms with E-state index in [1.165, 1.54) is 0 Å². The van der Waals surface area contributed by atoms with Crippen molar-refractivity contribution >= 4 is 0 Å². The number of hydrogen-bond donors (Lipinski definition) is 2. The van der Waals surface area contributed by atoms with Crippen molar-refractivity contribution in [3.8, 4) is 0 Å². The number of aliphatic hydroxyl groups excluding tert-OH is 1. The van der Waals surface area contributed by atoms with Crippen molar-refractivity contribution < 1.29 is 5.11 Å². The molecule has 0 aliphatic rings. The molecule has 0 aliphatic heterocycles. The summed E-state index contributed by atoms with van der Waals surface area (Å²) in [6.07, 6.45) is 4.78. The first-order chi connectivity index (χ1) is 5.22. The average molecular weight is 158 g/mol. The van der Waals surface area contributed by atoms with Crippen LogP contribution in [0.25, 0.3) is 0 Å². The zero-order valence-corrected chi connectivity index (χ0v) is 7.54. The van der Waals surface area contributed by atoms with Crippen molar-refractivity contribution in [3.05, 3.63) is 12.3 Å². The van der Waals surface area contributed by atoms with Gasteiger partial charge in [-0.25, -0.2) is 0 Å². The molecule has 0 radical (unpaired) electrons. The Bertz CT molecular complexity index is 113. The lowest BCUT2D eigenvalue weighted by Gasteiger charge is -2.19. The average Bonchev–Trinajstić information content (AvgIpc) is 1.97. The summed E-state index contributed by atoms with van der Waals surface area (Å²) in [6, 6.07) is 0.236. The molecule has 0 saturated heterocycles. The summed E-state index contributed by atoms with van der Waals surface area (Å²) in [5, 5.41) is 11.8. The Balaban J connectivity index is 3.60. The van der Waals surface area contributed by atoms with Crippen molar-refractivity contribution in [3.63, 3.8) is 0 Å². The zero-order chi connectivity index (χ0) is 8.69. The Morgan fingerprint density at radius 1 is 1.55 bits per heavy atom. The van der Waals surface area contributed by atoms with E-state index in [9.17, 15) is 0 Å². The van der Waals surface area contributed by atoms with E-state index in [4.69, 9.17) is 5.11 Å². The number of hydrogen-bond acceptors (Lipinski definition) is 3. The highest BCUT2D eigenvalue weighted by Crippen LogP contribution is 1.98. The highest BCUT2D eigenvalue weighted by molar-refractivity contribution is 4.83. The molecule has 0 amide bonds. The zero-order valence-electron chi connectivity index (χ0n) is 7.54. The standard InChI is InChI=1S/C8H18N2O/c1-9-6-4-5-8(7-11)10(2)3/h4,6,8-9,11H,5,7H2,1-3H3/b6-4-. The molecule has 0 bridgehead atoms. The Morgan fingerprint density at radius 2 is 2.18 bits per heavy atom. The van der Waals surface area contributed by atoms with E-state index in [-0.39, 0.29) is 12.6 Å². The first kappa shape index (κ1) is 10.5. The second kappa shape index (κ2) is 6.19. The lowest BCUT2D eigenvalue weighted by atomic mass is 10.2. The van der Waals surface area contributed by atoms with Gasteiger partial charge in [-0.3, -0.25) is 0 Å². The largest absolute Gasteiger partial charge is 0.395 e. The molecule has 0 aromatic carbocycles. The van der Waals surface area contributed by atoms with Crippen LogP contribution in [0.4, 0.5) is 0 Å². The summed E-state index contributed by atoms with van der Waals surface area (Å²) in [5.74, 6) is 0. The number of nitrogens with zero attached hydrogens (tertiary/aromatic N) is 1. The van der Waals surface area contributed by atoms with E-state index in [2.05, 4.69) is 5.32 Å². The monoisotopic (exact) mass is 158 g/mol. The van der Waals surface area contributed by atoms with Crippen molar-refractivity contribution in [1.29, 1.82) is 0 Å². The molecule has 2 N–H and O–H groups in total. The van der Waals surface area contributed by atoms with Crippen molar-refractivity contribution in [2.75, 3.05) is 27.7 Å². The molecule has 0 spiro atoms. The fourth-order valence-electron chi connectivity index (χ4n) is 0.792. The van der Waals surface area contributed by atoms with Crippen molar-refractivity contribution in [1.82, 2.24) is 10.2 Å². The van der Waals surface area contributed by atoms with E-state index in [0.29, 0.717) is 0 Å². The third kappa shape index (κ3) is 4.81. The smallest absolute Gasteiger partial charge is 0.0589 e. The fourth-order valence-corrected chi connectivity index (χ4v) is 0.792. The van der Waals surface area contributed by atoms with Gasteiger partial charge in [-0.15, -0.1) is 0 Å². The number of likely N-dealkylation sites (N-methyl/N-ethyl adjacent to an activating group) is 1. The summed E-state index contributed by atoms with van der Waals surface area (Å²) in [4.78, 5) is 2.01. The lowest BCUT2D eigenvalue weighted by Crippen LogP contribution is -2.30. The molecule has 0 aromatic heterocycles. The molecule has 1 atom stereocenters. The van der Waals surface area contributed by atoms with Gasteiger partial charge >= 0.3 is 0 Å². The molecule has 3 heteroatoms.